The molecule has 0 unspecified atom stereocenters. The molecule has 0 aliphatic heterocycles. The minimum atomic E-state index is 0.0417. The second-order valence-corrected chi connectivity index (χ2v) is 1.43. The van der Waals surface area contributed by atoms with Gasteiger partial charge in [-0.3, -0.25) is 5.01 Å². The summed E-state index contributed by atoms with van der Waals surface area (Å²) in [5.74, 6) is 5.20. The van der Waals surface area contributed by atoms with Crippen LogP contribution in [-0.2, 0) is 0 Å². The number of alkyl halides is 1. The van der Waals surface area contributed by atoms with E-state index in [0.717, 1.165) is 5.01 Å². The first-order valence-electron chi connectivity index (χ1n) is 2.09. The van der Waals surface area contributed by atoms with Crippen molar-refractivity contribution in [2.24, 2.45) is 21.8 Å². The molecule has 0 aromatic carbocycles. The second-order valence-electron chi connectivity index (χ2n) is 1.19. The fourth-order valence-corrected chi connectivity index (χ4v) is 0.314. The summed E-state index contributed by atoms with van der Waals surface area (Å²) >= 11 is 5.26. The van der Waals surface area contributed by atoms with Gasteiger partial charge in [-0.05, 0) is 0 Å². The van der Waals surface area contributed by atoms with Crippen LogP contribution in [0, 0.1) is 0 Å². The lowest BCUT2D eigenvalue weighted by atomic mass is 10.9. The normalized spacial score (nSPS) is 11.1. The summed E-state index contributed by atoms with van der Waals surface area (Å²) in [6.07, 6.45) is 0. The summed E-state index contributed by atoms with van der Waals surface area (Å²) in [5.41, 5.74) is 5.17. The molecule has 9 heavy (non-hydrogen) atoms. The molecule has 0 aromatic heterocycles. The standard InChI is InChI=1S/C3H8ClN5/c1-7-8-3(5)9(6)2-4/h1-2,6H2,(H2,5,8). The van der Waals surface area contributed by atoms with Gasteiger partial charge in [0.25, 0.3) is 0 Å². The maximum atomic E-state index is 5.26. The maximum absolute atomic E-state index is 5.26. The van der Waals surface area contributed by atoms with E-state index in [1.54, 1.807) is 0 Å². The fraction of sp³-hybridized carbons (Fsp3) is 0.333. The van der Waals surface area contributed by atoms with Gasteiger partial charge in [0.05, 0.1) is 0 Å². The van der Waals surface area contributed by atoms with E-state index in [1.807, 2.05) is 0 Å². The topological polar surface area (TPSA) is 80.0 Å². The van der Waals surface area contributed by atoms with Crippen molar-refractivity contribution in [3.05, 3.63) is 0 Å². The van der Waals surface area contributed by atoms with Crippen molar-refractivity contribution in [3.8, 4) is 0 Å². The zero-order chi connectivity index (χ0) is 7.28. The molecule has 0 aliphatic carbocycles. The zero-order valence-corrected chi connectivity index (χ0v) is 5.54. The Balaban J connectivity index is 3.84. The average molecular weight is 150 g/mol. The van der Waals surface area contributed by atoms with Gasteiger partial charge in [-0.15, -0.1) is 16.7 Å². The largest absolute Gasteiger partial charge is 0.367 e. The van der Waals surface area contributed by atoms with E-state index in [1.165, 1.54) is 0 Å². The quantitative estimate of drug-likeness (QED) is 0.136. The van der Waals surface area contributed by atoms with Crippen LogP contribution in [0.3, 0.4) is 0 Å². The summed E-state index contributed by atoms with van der Waals surface area (Å²) in [4.78, 5) is 0. The average Bonchev–Trinajstić information content (AvgIpc) is 1.87. The van der Waals surface area contributed by atoms with E-state index in [4.69, 9.17) is 23.2 Å². The monoisotopic (exact) mass is 149 g/mol. The van der Waals surface area contributed by atoms with E-state index < -0.39 is 0 Å². The summed E-state index contributed by atoms with van der Waals surface area (Å²) in [6, 6.07) is 0.0743. The molecule has 0 bridgehead atoms. The van der Waals surface area contributed by atoms with E-state index in [0.29, 0.717) is 0 Å². The van der Waals surface area contributed by atoms with Gasteiger partial charge < -0.3 is 5.73 Å². The zero-order valence-electron chi connectivity index (χ0n) is 4.79. The summed E-state index contributed by atoms with van der Waals surface area (Å²) in [6.45, 7) is 3.07. The maximum Gasteiger partial charge on any atom is 0.231 e. The van der Waals surface area contributed by atoms with Crippen molar-refractivity contribution in [1.29, 1.82) is 0 Å². The van der Waals surface area contributed by atoms with Gasteiger partial charge in [0.1, 0.15) is 6.00 Å². The first kappa shape index (κ1) is 8.19. The van der Waals surface area contributed by atoms with Gasteiger partial charge in [0.2, 0.25) is 5.96 Å². The van der Waals surface area contributed by atoms with Crippen LogP contribution in [-0.4, -0.2) is 23.7 Å². The third-order valence-corrected chi connectivity index (χ3v) is 0.854. The van der Waals surface area contributed by atoms with Crippen molar-refractivity contribution in [3.63, 3.8) is 0 Å². The lowest BCUT2D eigenvalue weighted by molar-refractivity contribution is 0.505. The summed E-state index contributed by atoms with van der Waals surface area (Å²) in [5, 5.41) is 7.50. The van der Waals surface area contributed by atoms with Crippen LogP contribution in [0.15, 0.2) is 10.2 Å². The van der Waals surface area contributed by atoms with Gasteiger partial charge in [0, 0.05) is 6.72 Å². The number of nitrogens with zero attached hydrogens (tertiary/aromatic N) is 3. The Morgan fingerprint density at radius 3 is 2.67 bits per heavy atom. The molecule has 0 spiro atoms. The number of halogens is 1. The number of nitrogens with two attached hydrogens (primary N) is 2. The first-order chi connectivity index (χ1) is 4.22. The van der Waals surface area contributed by atoms with Gasteiger partial charge >= 0.3 is 0 Å². The SMILES string of the molecule is C=N/N=C(/N)N(N)CCl. The predicted molar refractivity (Wildman–Crippen MR) is 37.9 cm³/mol. The van der Waals surface area contributed by atoms with Crippen LogP contribution >= 0.6 is 11.6 Å². The van der Waals surface area contributed by atoms with E-state index >= 15 is 0 Å². The summed E-state index contributed by atoms with van der Waals surface area (Å²) < 4.78 is 0. The Hall–Kier alpha value is -0.810. The molecular weight excluding hydrogens is 142 g/mol. The Morgan fingerprint density at radius 1 is 1.78 bits per heavy atom. The van der Waals surface area contributed by atoms with Crippen LogP contribution in [0.1, 0.15) is 0 Å². The van der Waals surface area contributed by atoms with Gasteiger partial charge in [0.15, 0.2) is 0 Å². The smallest absolute Gasteiger partial charge is 0.231 e. The Kier molecular flexibility index (Phi) is 3.74. The van der Waals surface area contributed by atoms with E-state index in [9.17, 15) is 0 Å². The van der Waals surface area contributed by atoms with Gasteiger partial charge in [-0.2, -0.15) is 5.10 Å². The van der Waals surface area contributed by atoms with E-state index in [2.05, 4.69) is 16.9 Å². The highest BCUT2D eigenvalue weighted by molar-refractivity contribution is 6.18. The minimum absolute atomic E-state index is 0.0417. The van der Waals surface area contributed by atoms with Crippen LogP contribution in [0.2, 0.25) is 0 Å². The van der Waals surface area contributed by atoms with Crippen molar-refractivity contribution in [2.75, 3.05) is 6.00 Å². The molecule has 0 aromatic rings. The number of hydrogen-bond donors (Lipinski definition) is 2. The van der Waals surface area contributed by atoms with Gasteiger partial charge in [-0.1, -0.05) is 0 Å². The Labute approximate surface area is 57.9 Å². The molecule has 0 heterocycles. The first-order valence-corrected chi connectivity index (χ1v) is 2.63. The van der Waals surface area contributed by atoms with Crippen molar-refractivity contribution >= 4 is 24.3 Å². The molecular formula is C3H8ClN5. The molecule has 0 saturated carbocycles. The molecule has 0 saturated heterocycles. The highest BCUT2D eigenvalue weighted by Gasteiger charge is 1.96. The summed E-state index contributed by atoms with van der Waals surface area (Å²) in [7, 11) is 0. The number of rotatable bonds is 2. The highest BCUT2D eigenvalue weighted by Crippen LogP contribution is 1.81. The molecule has 4 N–H and O–H groups in total. The van der Waals surface area contributed by atoms with Crippen molar-refractivity contribution in [1.82, 2.24) is 5.01 Å². The number of hydrazine groups is 1. The van der Waals surface area contributed by atoms with Crippen LogP contribution in [0.5, 0.6) is 0 Å². The lowest BCUT2D eigenvalue weighted by Crippen LogP contribution is -2.41. The molecule has 0 amide bonds. The predicted octanol–water partition coefficient (Wildman–Crippen LogP) is -0.711. The van der Waals surface area contributed by atoms with Crippen LogP contribution in [0.25, 0.3) is 0 Å². The third-order valence-electron chi connectivity index (χ3n) is 0.596. The van der Waals surface area contributed by atoms with Crippen molar-refractivity contribution < 1.29 is 0 Å². The molecule has 52 valence electrons. The molecule has 5 nitrogen and oxygen atoms in total. The lowest BCUT2D eigenvalue weighted by Gasteiger charge is -2.10. The minimum Gasteiger partial charge on any atom is -0.367 e. The van der Waals surface area contributed by atoms with Gasteiger partial charge in [-0.25, -0.2) is 5.84 Å². The molecule has 0 fully saturated rings. The molecule has 0 radical (unpaired) electrons. The Bertz CT molecular complexity index is 121. The molecule has 0 rings (SSSR count). The number of hydrogen-bond acceptors (Lipinski definition) is 3. The molecule has 0 aliphatic rings. The molecule has 6 heteroatoms. The Morgan fingerprint density at radius 2 is 2.33 bits per heavy atom. The van der Waals surface area contributed by atoms with Crippen molar-refractivity contribution in [2.45, 2.75) is 0 Å². The van der Waals surface area contributed by atoms with Crippen LogP contribution in [0.4, 0.5) is 0 Å². The van der Waals surface area contributed by atoms with E-state index in [-0.39, 0.29) is 12.0 Å². The fourth-order valence-electron chi connectivity index (χ4n) is 0.191. The second kappa shape index (κ2) is 4.11. The molecule has 0 atom stereocenters. The third kappa shape index (κ3) is 2.89. The highest BCUT2D eigenvalue weighted by atomic mass is 35.5. The number of guanidine groups is 1. The van der Waals surface area contributed by atoms with Crippen LogP contribution < -0.4 is 11.6 Å².